The van der Waals surface area contributed by atoms with Gasteiger partial charge in [-0.05, 0) is 5.56 Å². The van der Waals surface area contributed by atoms with Crippen LogP contribution in [-0.2, 0) is 9.84 Å². The van der Waals surface area contributed by atoms with Gasteiger partial charge in [0.05, 0.1) is 4.92 Å². The van der Waals surface area contributed by atoms with Gasteiger partial charge in [-0.3, -0.25) is 10.1 Å². The Morgan fingerprint density at radius 3 is 2.53 bits per heavy atom. The maximum Gasteiger partial charge on any atom is 0.269 e. The molecule has 17 heavy (non-hydrogen) atoms. The fraction of sp³-hybridized carbons (Fsp3) is 0.333. The minimum atomic E-state index is -3.42. The molecule has 0 saturated carbocycles. The fourth-order valence-electron chi connectivity index (χ4n) is 1.21. The Labute approximate surface area is 112 Å². The van der Waals surface area contributed by atoms with Gasteiger partial charge in [-0.15, -0.1) is 0 Å². The molecule has 1 N–H and O–H groups in total. The van der Waals surface area contributed by atoms with Crippen molar-refractivity contribution in [3.05, 3.63) is 39.9 Å². The number of non-ortho nitro benzene ring substituents is 1. The Balaban J connectivity index is 3.09. The Hall–Kier alpha value is -0.740. The van der Waals surface area contributed by atoms with E-state index in [0.29, 0.717) is 0 Å². The second-order valence-electron chi connectivity index (χ2n) is 3.48. The van der Waals surface area contributed by atoms with Gasteiger partial charge >= 0.3 is 0 Å². The third kappa shape index (κ3) is 3.61. The van der Waals surface area contributed by atoms with Crippen LogP contribution in [0.4, 0.5) is 5.69 Å². The first-order valence-electron chi connectivity index (χ1n) is 4.49. The highest BCUT2D eigenvalue weighted by Gasteiger charge is 2.28. The normalized spacial score (nSPS) is 15.2. The van der Waals surface area contributed by atoms with Crippen LogP contribution in [0.25, 0.3) is 0 Å². The molecule has 0 aliphatic carbocycles. The lowest BCUT2D eigenvalue weighted by Crippen LogP contribution is -2.21. The van der Waals surface area contributed by atoms with E-state index in [1.165, 1.54) is 24.3 Å². The molecule has 0 saturated heterocycles. The minimum absolute atomic E-state index is 0.182. The van der Waals surface area contributed by atoms with E-state index in [9.17, 15) is 23.6 Å². The summed E-state index contributed by atoms with van der Waals surface area (Å²) in [7, 11) is -3.42. The largest absolute Gasteiger partial charge is 0.386 e. The van der Waals surface area contributed by atoms with Crippen molar-refractivity contribution >= 4 is 38.1 Å². The summed E-state index contributed by atoms with van der Waals surface area (Å²) in [5.74, 6) is 0. The molecule has 94 valence electrons. The molecule has 0 unspecified atom stereocenters. The standard InChI is InChI=1S/C9H10INO5S/c1-17(15,16)9(10)8(12)6-3-2-4-7(5-6)11(13)14/h2-5,8-9,12H,1H3/t8-,9+/m0/s1. The minimum Gasteiger partial charge on any atom is -0.386 e. The molecular weight excluding hydrogens is 361 g/mol. The average Bonchev–Trinajstić information content (AvgIpc) is 2.26. The van der Waals surface area contributed by atoms with E-state index in [2.05, 4.69) is 0 Å². The molecule has 1 rings (SSSR count). The van der Waals surface area contributed by atoms with Crippen LogP contribution in [0.2, 0.25) is 0 Å². The number of hydrogen-bond acceptors (Lipinski definition) is 5. The van der Waals surface area contributed by atoms with Crippen LogP contribution in [0.1, 0.15) is 11.7 Å². The van der Waals surface area contributed by atoms with Crippen molar-refractivity contribution in [2.24, 2.45) is 0 Å². The summed E-state index contributed by atoms with van der Waals surface area (Å²) >= 11 is 1.60. The van der Waals surface area contributed by atoms with Crippen LogP contribution < -0.4 is 0 Å². The molecule has 1 aromatic rings. The smallest absolute Gasteiger partial charge is 0.269 e. The molecule has 2 atom stereocenters. The van der Waals surface area contributed by atoms with Crippen LogP contribution >= 0.6 is 22.6 Å². The summed E-state index contributed by atoms with van der Waals surface area (Å²) < 4.78 is 21.5. The van der Waals surface area contributed by atoms with Crippen LogP contribution in [-0.4, -0.2) is 28.0 Å². The topological polar surface area (TPSA) is 97.5 Å². The van der Waals surface area contributed by atoms with Crippen LogP contribution in [0.3, 0.4) is 0 Å². The van der Waals surface area contributed by atoms with Crippen molar-refractivity contribution in [3.8, 4) is 0 Å². The van der Waals surface area contributed by atoms with Gasteiger partial charge in [0.2, 0.25) is 0 Å². The lowest BCUT2D eigenvalue weighted by atomic mass is 10.1. The van der Waals surface area contributed by atoms with Crippen LogP contribution in [0, 0.1) is 10.1 Å². The monoisotopic (exact) mass is 371 g/mol. The molecular formula is C9H10INO5S. The Bertz CT molecular complexity index is 530. The van der Waals surface area contributed by atoms with Gasteiger partial charge in [0.1, 0.15) is 9.36 Å². The number of sulfone groups is 1. The van der Waals surface area contributed by atoms with Gasteiger partial charge < -0.3 is 5.11 Å². The maximum atomic E-state index is 11.3. The zero-order valence-electron chi connectivity index (χ0n) is 8.78. The summed E-state index contributed by atoms with van der Waals surface area (Å²) in [4.78, 5) is 9.95. The first-order chi connectivity index (χ1) is 7.73. The van der Waals surface area contributed by atoms with E-state index in [-0.39, 0.29) is 11.3 Å². The first kappa shape index (κ1) is 14.3. The van der Waals surface area contributed by atoms with Gasteiger partial charge in [-0.2, -0.15) is 0 Å². The average molecular weight is 371 g/mol. The summed E-state index contributed by atoms with van der Waals surface area (Å²) in [6, 6.07) is 5.30. The van der Waals surface area contributed by atoms with Crippen LogP contribution in [0.15, 0.2) is 24.3 Å². The number of benzene rings is 1. The summed E-state index contributed by atoms with van der Waals surface area (Å²) in [5, 5.41) is 20.4. The van der Waals surface area contributed by atoms with E-state index in [4.69, 9.17) is 0 Å². The van der Waals surface area contributed by atoms with Crippen molar-refractivity contribution in [2.45, 2.75) is 9.36 Å². The van der Waals surface area contributed by atoms with E-state index in [1.807, 2.05) is 0 Å². The summed E-state index contributed by atoms with van der Waals surface area (Å²) in [6.45, 7) is 0. The van der Waals surface area contributed by atoms with Crippen LogP contribution in [0.5, 0.6) is 0 Å². The Kier molecular flexibility index (Phi) is 4.44. The lowest BCUT2D eigenvalue weighted by Gasteiger charge is -2.15. The van der Waals surface area contributed by atoms with Crippen molar-refractivity contribution in [2.75, 3.05) is 6.26 Å². The third-order valence-corrected chi connectivity index (χ3v) is 6.61. The SMILES string of the molecule is CS(=O)(=O)[C@@H](I)[C@@H](O)c1cccc([N+](=O)[O-])c1. The van der Waals surface area contributed by atoms with E-state index < -0.39 is 24.1 Å². The Morgan fingerprint density at radius 2 is 2.06 bits per heavy atom. The van der Waals surface area contributed by atoms with E-state index >= 15 is 0 Å². The predicted octanol–water partition coefficient (Wildman–Crippen LogP) is 1.43. The lowest BCUT2D eigenvalue weighted by molar-refractivity contribution is -0.385. The quantitative estimate of drug-likeness (QED) is 0.374. The molecule has 0 amide bonds. The number of nitro benzene ring substituents is 1. The van der Waals surface area contributed by atoms with Crippen molar-refractivity contribution in [1.29, 1.82) is 0 Å². The highest BCUT2D eigenvalue weighted by atomic mass is 127. The highest BCUT2D eigenvalue weighted by Crippen LogP contribution is 2.28. The first-order valence-corrected chi connectivity index (χ1v) is 7.69. The molecule has 0 aromatic heterocycles. The number of hydrogen-bond donors (Lipinski definition) is 1. The van der Waals surface area contributed by atoms with E-state index in [0.717, 1.165) is 6.26 Å². The Morgan fingerprint density at radius 1 is 1.47 bits per heavy atom. The maximum absolute atomic E-state index is 11.3. The summed E-state index contributed by atoms with van der Waals surface area (Å²) in [5.41, 5.74) is 0.0303. The molecule has 1 aromatic carbocycles. The van der Waals surface area contributed by atoms with Gasteiger partial charge in [0.15, 0.2) is 9.84 Å². The zero-order valence-corrected chi connectivity index (χ0v) is 11.8. The van der Waals surface area contributed by atoms with Crippen molar-refractivity contribution in [3.63, 3.8) is 0 Å². The molecule has 6 nitrogen and oxygen atoms in total. The van der Waals surface area contributed by atoms with Gasteiger partial charge in [0, 0.05) is 18.4 Å². The number of aliphatic hydroxyl groups excluding tert-OH is 1. The molecule has 0 aliphatic heterocycles. The second-order valence-corrected chi connectivity index (χ2v) is 7.83. The van der Waals surface area contributed by atoms with Gasteiger partial charge in [-0.1, -0.05) is 34.7 Å². The third-order valence-electron chi connectivity index (χ3n) is 2.08. The number of nitrogens with zero attached hydrogens (tertiary/aromatic N) is 1. The van der Waals surface area contributed by atoms with Gasteiger partial charge in [-0.25, -0.2) is 8.42 Å². The zero-order chi connectivity index (χ0) is 13.2. The molecule has 0 bridgehead atoms. The number of alkyl halides is 1. The van der Waals surface area contributed by atoms with Crippen molar-refractivity contribution in [1.82, 2.24) is 0 Å². The molecule has 0 aliphatic rings. The molecule has 0 spiro atoms. The second kappa shape index (κ2) is 5.27. The number of aliphatic hydroxyl groups is 1. The van der Waals surface area contributed by atoms with Gasteiger partial charge in [0.25, 0.3) is 5.69 Å². The van der Waals surface area contributed by atoms with E-state index in [1.54, 1.807) is 22.6 Å². The molecule has 0 fully saturated rings. The molecule has 0 radical (unpaired) electrons. The fourth-order valence-corrected chi connectivity index (χ4v) is 2.25. The summed E-state index contributed by atoms with van der Waals surface area (Å²) in [6.07, 6.45) is -0.282. The number of rotatable bonds is 4. The predicted molar refractivity (Wildman–Crippen MR) is 70.7 cm³/mol. The number of nitro groups is 1. The highest BCUT2D eigenvalue weighted by molar-refractivity contribution is 14.1. The molecule has 0 heterocycles. The number of halogens is 1. The van der Waals surface area contributed by atoms with Crippen molar-refractivity contribution < 1.29 is 18.4 Å². The molecule has 8 heteroatoms.